The molecule has 5 heteroatoms. The van der Waals surface area contributed by atoms with Crippen LogP contribution in [0.25, 0.3) is 0 Å². The summed E-state index contributed by atoms with van der Waals surface area (Å²) in [4.78, 5) is 16.5. The van der Waals surface area contributed by atoms with Crippen LogP contribution in [0.4, 0.5) is 5.69 Å². The molecule has 0 radical (unpaired) electrons. The molecular weight excluding hydrogens is 268 g/mol. The van der Waals surface area contributed by atoms with Gasteiger partial charge in [0, 0.05) is 19.2 Å². The van der Waals surface area contributed by atoms with Gasteiger partial charge in [0.2, 0.25) is 0 Å². The topological polar surface area (TPSA) is 53.0 Å². The van der Waals surface area contributed by atoms with Gasteiger partial charge in [-0.25, -0.2) is 0 Å². The van der Waals surface area contributed by atoms with E-state index in [0.717, 1.165) is 19.6 Å². The lowest BCUT2D eigenvalue weighted by atomic mass is 10.1. The second kappa shape index (κ2) is 5.93. The van der Waals surface area contributed by atoms with Gasteiger partial charge in [0.05, 0.1) is 5.69 Å². The fraction of sp³-hybridized carbons (Fsp3) is 0.562. The van der Waals surface area contributed by atoms with Crippen LogP contribution < -0.4 is 9.64 Å². The first-order valence-electron chi connectivity index (χ1n) is 7.68. The number of anilines is 1. The molecule has 1 amide bonds. The molecule has 1 atom stereocenters. The summed E-state index contributed by atoms with van der Waals surface area (Å²) in [5.41, 5.74) is 0.676. The number of ether oxygens (including phenoxy) is 1. The number of carbonyl (C=O) groups excluding carboxylic acids is 1. The molecular formula is C16H22N2O3. The number of likely N-dealkylation sites (tertiary alicyclic amines) is 1. The number of amides is 1. The number of rotatable bonds is 3. The summed E-state index contributed by atoms with van der Waals surface area (Å²) in [5.74, 6) is 0.784. The number of piperidine rings is 1. The fourth-order valence-electron chi connectivity index (χ4n) is 3.05. The fourth-order valence-corrected chi connectivity index (χ4v) is 3.05. The van der Waals surface area contributed by atoms with Crippen molar-refractivity contribution in [2.75, 3.05) is 31.1 Å². The highest BCUT2D eigenvalue weighted by atomic mass is 16.5. The minimum atomic E-state index is -0.469. The van der Waals surface area contributed by atoms with E-state index in [-0.39, 0.29) is 11.7 Å². The summed E-state index contributed by atoms with van der Waals surface area (Å²) in [7, 11) is 0. The predicted molar refractivity (Wildman–Crippen MR) is 80.8 cm³/mol. The zero-order chi connectivity index (χ0) is 14.8. The number of hydrogen-bond acceptors (Lipinski definition) is 4. The van der Waals surface area contributed by atoms with Gasteiger partial charge in [-0.2, -0.15) is 0 Å². The van der Waals surface area contributed by atoms with Crippen molar-refractivity contribution in [1.82, 2.24) is 4.90 Å². The van der Waals surface area contributed by atoms with Crippen LogP contribution in [0.3, 0.4) is 0 Å². The molecule has 0 aromatic heterocycles. The zero-order valence-electron chi connectivity index (χ0n) is 12.4. The van der Waals surface area contributed by atoms with Crippen LogP contribution in [-0.2, 0) is 4.79 Å². The Morgan fingerprint density at radius 3 is 2.76 bits per heavy atom. The van der Waals surface area contributed by atoms with Crippen LogP contribution in [-0.4, -0.2) is 48.2 Å². The van der Waals surface area contributed by atoms with Crippen molar-refractivity contribution in [3.05, 3.63) is 18.2 Å². The first-order valence-corrected chi connectivity index (χ1v) is 7.68. The number of aromatic hydroxyl groups is 1. The molecule has 1 N–H and O–H groups in total. The molecule has 1 saturated heterocycles. The molecule has 2 aliphatic heterocycles. The summed E-state index contributed by atoms with van der Waals surface area (Å²) in [6, 6.07) is 4.92. The molecule has 0 spiro atoms. The molecule has 2 aliphatic rings. The van der Waals surface area contributed by atoms with E-state index in [1.807, 2.05) is 0 Å². The molecule has 3 rings (SSSR count). The lowest BCUT2D eigenvalue weighted by Gasteiger charge is -2.35. The van der Waals surface area contributed by atoms with E-state index in [2.05, 4.69) is 4.90 Å². The molecule has 1 aromatic rings. The number of phenols is 1. The minimum Gasteiger partial charge on any atom is -0.508 e. The normalized spacial score (nSPS) is 22.8. The number of benzene rings is 1. The predicted octanol–water partition coefficient (Wildman–Crippen LogP) is 1.99. The zero-order valence-corrected chi connectivity index (χ0v) is 12.4. The molecule has 1 aromatic carbocycles. The Hall–Kier alpha value is -1.75. The number of fused-ring (bicyclic) bond motifs is 1. The molecule has 1 unspecified atom stereocenters. The van der Waals surface area contributed by atoms with E-state index in [0.29, 0.717) is 18.0 Å². The van der Waals surface area contributed by atoms with Crippen molar-refractivity contribution in [2.45, 2.75) is 32.3 Å². The Labute approximate surface area is 125 Å². The maximum absolute atomic E-state index is 12.4. The smallest absolute Gasteiger partial charge is 0.267 e. The number of nitrogens with zero attached hydrogens (tertiary/aromatic N) is 2. The van der Waals surface area contributed by atoms with Crippen LogP contribution >= 0.6 is 0 Å². The van der Waals surface area contributed by atoms with Gasteiger partial charge in [0.25, 0.3) is 5.91 Å². The molecule has 21 heavy (non-hydrogen) atoms. The summed E-state index contributed by atoms with van der Waals surface area (Å²) in [6.07, 6.45) is 3.32. The molecule has 5 nitrogen and oxygen atoms in total. The lowest BCUT2D eigenvalue weighted by Crippen LogP contribution is -2.48. The number of hydrogen-bond donors (Lipinski definition) is 1. The van der Waals surface area contributed by atoms with Crippen molar-refractivity contribution in [2.24, 2.45) is 0 Å². The summed E-state index contributed by atoms with van der Waals surface area (Å²) >= 11 is 0. The maximum atomic E-state index is 12.4. The van der Waals surface area contributed by atoms with Gasteiger partial charge in [-0.3, -0.25) is 4.79 Å². The van der Waals surface area contributed by atoms with E-state index in [1.54, 1.807) is 30.0 Å². The Kier molecular flexibility index (Phi) is 4.01. The quantitative estimate of drug-likeness (QED) is 0.925. The van der Waals surface area contributed by atoms with E-state index in [4.69, 9.17) is 4.74 Å². The van der Waals surface area contributed by atoms with Crippen LogP contribution in [0.5, 0.6) is 11.5 Å². The first kappa shape index (κ1) is 14.2. The van der Waals surface area contributed by atoms with Gasteiger partial charge in [-0.1, -0.05) is 6.42 Å². The van der Waals surface area contributed by atoms with Gasteiger partial charge >= 0.3 is 0 Å². The van der Waals surface area contributed by atoms with Crippen LogP contribution in [0.2, 0.25) is 0 Å². The summed E-state index contributed by atoms with van der Waals surface area (Å²) in [6.45, 7) is 5.50. The van der Waals surface area contributed by atoms with E-state index < -0.39 is 6.10 Å². The molecule has 0 bridgehead atoms. The molecule has 1 fully saturated rings. The van der Waals surface area contributed by atoms with Gasteiger partial charge in [0.15, 0.2) is 6.10 Å². The summed E-state index contributed by atoms with van der Waals surface area (Å²) in [5, 5.41) is 9.67. The first-order chi connectivity index (χ1) is 10.1. The minimum absolute atomic E-state index is 0.0369. The number of phenolic OH excluding ortho intramolecular Hbond substituents is 1. The van der Waals surface area contributed by atoms with Crippen molar-refractivity contribution >= 4 is 11.6 Å². The van der Waals surface area contributed by atoms with Crippen LogP contribution in [0.1, 0.15) is 26.2 Å². The third-order valence-electron chi connectivity index (χ3n) is 4.24. The molecule has 114 valence electrons. The van der Waals surface area contributed by atoms with Crippen molar-refractivity contribution in [3.8, 4) is 11.5 Å². The highest BCUT2D eigenvalue weighted by molar-refractivity contribution is 6.00. The highest BCUT2D eigenvalue weighted by Gasteiger charge is 2.31. The Morgan fingerprint density at radius 1 is 1.24 bits per heavy atom. The van der Waals surface area contributed by atoms with Gasteiger partial charge in [0.1, 0.15) is 11.5 Å². The SMILES string of the molecule is CC1Oc2ccc(O)cc2N(CCN2CCCCC2)C1=O. The van der Waals surface area contributed by atoms with Crippen molar-refractivity contribution in [3.63, 3.8) is 0 Å². The van der Waals surface area contributed by atoms with Crippen molar-refractivity contribution < 1.29 is 14.6 Å². The summed E-state index contributed by atoms with van der Waals surface area (Å²) < 4.78 is 5.61. The second-order valence-electron chi connectivity index (χ2n) is 5.80. The highest BCUT2D eigenvalue weighted by Crippen LogP contribution is 2.36. The van der Waals surface area contributed by atoms with Gasteiger partial charge in [-0.05, 0) is 45.0 Å². The third-order valence-corrected chi connectivity index (χ3v) is 4.24. The molecule has 2 heterocycles. The van der Waals surface area contributed by atoms with E-state index in [9.17, 15) is 9.90 Å². The van der Waals surface area contributed by atoms with Crippen molar-refractivity contribution in [1.29, 1.82) is 0 Å². The Bertz CT molecular complexity index is 526. The van der Waals surface area contributed by atoms with Crippen LogP contribution in [0.15, 0.2) is 18.2 Å². The standard InChI is InChI=1S/C16H22N2O3/c1-12-16(20)18(10-9-17-7-3-2-4-8-17)14-11-13(19)5-6-15(14)21-12/h5-6,11-12,19H,2-4,7-10H2,1H3. The molecule has 0 saturated carbocycles. The maximum Gasteiger partial charge on any atom is 0.267 e. The van der Waals surface area contributed by atoms with E-state index >= 15 is 0 Å². The van der Waals surface area contributed by atoms with E-state index in [1.165, 1.54) is 19.3 Å². The average Bonchev–Trinajstić information content (AvgIpc) is 2.49. The Morgan fingerprint density at radius 2 is 2.00 bits per heavy atom. The van der Waals surface area contributed by atoms with Gasteiger partial charge in [-0.15, -0.1) is 0 Å². The van der Waals surface area contributed by atoms with Gasteiger partial charge < -0.3 is 19.6 Å². The number of carbonyl (C=O) groups is 1. The second-order valence-corrected chi connectivity index (χ2v) is 5.80. The average molecular weight is 290 g/mol. The largest absolute Gasteiger partial charge is 0.508 e. The third kappa shape index (κ3) is 2.97. The van der Waals surface area contributed by atoms with Crippen LogP contribution in [0, 0.1) is 0 Å². The Balaban J connectivity index is 1.76. The monoisotopic (exact) mass is 290 g/mol. The lowest BCUT2D eigenvalue weighted by molar-refractivity contribution is -0.125. The molecule has 0 aliphatic carbocycles.